The summed E-state index contributed by atoms with van der Waals surface area (Å²) >= 11 is 0. The molecule has 0 radical (unpaired) electrons. The SMILES string of the molecule is COCC(=O)N=[S-](C)=O. The van der Waals surface area contributed by atoms with Crippen LogP contribution >= 0.6 is 0 Å². The summed E-state index contributed by atoms with van der Waals surface area (Å²) in [5, 5.41) is 0. The second-order valence-corrected chi connectivity index (χ2v) is 2.37. The number of hydrogen-bond acceptors (Lipinski definition) is 4. The fraction of sp³-hybridized carbons (Fsp3) is 0.750. The highest BCUT2D eigenvalue weighted by Gasteiger charge is 1.88. The number of carbonyl (C=O) groups excluding carboxylic acids is 1. The van der Waals surface area contributed by atoms with Gasteiger partial charge in [0.15, 0.2) is 0 Å². The van der Waals surface area contributed by atoms with Gasteiger partial charge in [-0.05, 0) is 0 Å². The van der Waals surface area contributed by atoms with Gasteiger partial charge in [0, 0.05) is 7.11 Å². The molecule has 54 valence electrons. The van der Waals surface area contributed by atoms with Crippen molar-refractivity contribution in [2.75, 3.05) is 20.0 Å². The van der Waals surface area contributed by atoms with Crippen molar-refractivity contribution < 1.29 is 13.7 Å². The third-order valence-electron chi connectivity index (χ3n) is 0.498. The summed E-state index contributed by atoms with van der Waals surface area (Å²) in [7, 11) is -0.0207. The quantitative estimate of drug-likeness (QED) is 0.518. The van der Waals surface area contributed by atoms with Crippen molar-refractivity contribution in [3.63, 3.8) is 0 Å². The van der Waals surface area contributed by atoms with Crippen LogP contribution in [-0.2, 0) is 24.3 Å². The van der Waals surface area contributed by atoms with Crippen LogP contribution in [0.1, 0.15) is 0 Å². The van der Waals surface area contributed by atoms with E-state index in [0.29, 0.717) is 0 Å². The molecule has 9 heavy (non-hydrogen) atoms. The number of carbonyl (C=O) groups is 1. The maximum absolute atomic E-state index is 10.4. The van der Waals surface area contributed by atoms with E-state index in [2.05, 4.69) is 9.10 Å². The Balaban J connectivity index is 3.78. The minimum absolute atomic E-state index is 0.0976. The Morgan fingerprint density at radius 3 is 2.67 bits per heavy atom. The van der Waals surface area contributed by atoms with Crippen LogP contribution in [0.15, 0.2) is 4.36 Å². The lowest BCUT2D eigenvalue weighted by Gasteiger charge is -1.93. The average Bonchev–Trinajstić information content (AvgIpc) is 1.63. The monoisotopic (exact) mass is 150 g/mol. The molecule has 0 aliphatic heterocycles. The molecule has 4 nitrogen and oxygen atoms in total. The molecule has 0 N–H and O–H groups in total. The molecule has 0 aliphatic carbocycles. The number of amides is 1. The minimum Gasteiger partial charge on any atom is -0.444 e. The Kier molecular flexibility index (Phi) is 4.25. The number of rotatable bonds is 2. The van der Waals surface area contributed by atoms with Gasteiger partial charge in [-0.3, -0.25) is 4.79 Å². The predicted molar refractivity (Wildman–Crippen MR) is 33.3 cm³/mol. The zero-order valence-corrected chi connectivity index (χ0v) is 6.10. The molecular formula is C4H8NO3S-. The van der Waals surface area contributed by atoms with Crippen molar-refractivity contribution in [1.29, 1.82) is 0 Å². The van der Waals surface area contributed by atoms with Crippen molar-refractivity contribution in [2.45, 2.75) is 0 Å². The van der Waals surface area contributed by atoms with Gasteiger partial charge in [0.2, 0.25) is 5.91 Å². The smallest absolute Gasteiger partial charge is 0.248 e. The Labute approximate surface area is 55.4 Å². The fourth-order valence-electron chi connectivity index (χ4n) is 0.293. The first-order chi connectivity index (χ1) is 4.16. The molecule has 0 spiro atoms. The van der Waals surface area contributed by atoms with Gasteiger partial charge in [0.05, 0.1) is 0 Å². The van der Waals surface area contributed by atoms with Gasteiger partial charge in [-0.1, -0.05) is 0 Å². The van der Waals surface area contributed by atoms with E-state index in [-0.39, 0.29) is 6.61 Å². The first-order valence-electron chi connectivity index (χ1n) is 2.24. The number of hydrogen-bond donors (Lipinski definition) is 0. The Morgan fingerprint density at radius 1 is 1.78 bits per heavy atom. The van der Waals surface area contributed by atoms with Crippen molar-refractivity contribution >= 4 is 16.5 Å². The first kappa shape index (κ1) is 8.58. The first-order valence-corrected chi connectivity index (χ1v) is 3.75. The number of nitrogens with zero attached hydrogens (tertiary/aromatic N) is 1. The molecule has 1 amide bonds. The minimum atomic E-state index is -1.40. The van der Waals surface area contributed by atoms with E-state index >= 15 is 0 Å². The largest absolute Gasteiger partial charge is 0.444 e. The van der Waals surface area contributed by atoms with Crippen LogP contribution < -0.4 is 0 Å². The average molecular weight is 150 g/mol. The molecule has 0 saturated carbocycles. The zero-order chi connectivity index (χ0) is 7.28. The van der Waals surface area contributed by atoms with Gasteiger partial charge >= 0.3 is 0 Å². The Bertz CT molecular complexity index is 171. The van der Waals surface area contributed by atoms with Gasteiger partial charge in [-0.15, -0.1) is 6.26 Å². The highest BCUT2D eigenvalue weighted by atomic mass is 32.2. The second kappa shape index (κ2) is 4.46. The van der Waals surface area contributed by atoms with Gasteiger partial charge in [0.1, 0.15) is 6.61 Å². The Hall–Kier alpha value is -0.420. The van der Waals surface area contributed by atoms with E-state index in [9.17, 15) is 9.00 Å². The summed E-state index contributed by atoms with van der Waals surface area (Å²) in [6, 6.07) is 0. The van der Waals surface area contributed by atoms with E-state index < -0.39 is 16.5 Å². The fourth-order valence-corrected chi connectivity index (χ4v) is 0.633. The summed E-state index contributed by atoms with van der Waals surface area (Å²) in [6.07, 6.45) is 1.33. The molecular weight excluding hydrogens is 142 g/mol. The van der Waals surface area contributed by atoms with E-state index in [4.69, 9.17) is 0 Å². The molecule has 0 unspecified atom stereocenters. The van der Waals surface area contributed by atoms with E-state index in [1.807, 2.05) is 0 Å². The van der Waals surface area contributed by atoms with E-state index in [1.54, 1.807) is 0 Å². The number of methoxy groups -OCH3 is 1. The van der Waals surface area contributed by atoms with Crippen molar-refractivity contribution in [3.05, 3.63) is 0 Å². The highest BCUT2D eigenvalue weighted by Crippen LogP contribution is 1.76. The van der Waals surface area contributed by atoms with Crippen LogP contribution in [0.4, 0.5) is 0 Å². The summed E-state index contributed by atoms with van der Waals surface area (Å²) < 4.78 is 17.8. The van der Waals surface area contributed by atoms with Gasteiger partial charge < -0.3 is 13.3 Å². The lowest BCUT2D eigenvalue weighted by molar-refractivity contribution is -0.121. The van der Waals surface area contributed by atoms with Crippen LogP contribution in [0.2, 0.25) is 0 Å². The molecule has 5 heteroatoms. The molecule has 0 fully saturated rings. The van der Waals surface area contributed by atoms with Crippen LogP contribution in [-0.4, -0.2) is 25.9 Å². The van der Waals surface area contributed by atoms with Crippen LogP contribution in [0.3, 0.4) is 0 Å². The number of ether oxygens (including phenoxy) is 1. The van der Waals surface area contributed by atoms with Gasteiger partial charge in [0.25, 0.3) is 0 Å². The van der Waals surface area contributed by atoms with Crippen LogP contribution in [0, 0.1) is 0 Å². The Morgan fingerprint density at radius 2 is 2.33 bits per heavy atom. The molecule has 0 saturated heterocycles. The second-order valence-electron chi connectivity index (χ2n) is 1.34. The molecule has 0 rings (SSSR count). The molecule has 0 aromatic rings. The summed E-state index contributed by atoms with van der Waals surface area (Å²) in [5.41, 5.74) is 0. The summed E-state index contributed by atoms with van der Waals surface area (Å²) in [4.78, 5) is 10.4. The van der Waals surface area contributed by atoms with Crippen molar-refractivity contribution in [3.8, 4) is 0 Å². The lowest BCUT2D eigenvalue weighted by Crippen LogP contribution is -2.02. The molecule has 0 atom stereocenters. The zero-order valence-electron chi connectivity index (χ0n) is 5.29. The van der Waals surface area contributed by atoms with Crippen molar-refractivity contribution in [1.82, 2.24) is 0 Å². The predicted octanol–water partition coefficient (Wildman–Crippen LogP) is -0.0634. The maximum atomic E-state index is 10.4. The lowest BCUT2D eigenvalue weighted by atomic mass is 10.7. The summed E-state index contributed by atoms with van der Waals surface area (Å²) in [6.45, 7) is -0.0976. The van der Waals surface area contributed by atoms with Crippen LogP contribution in [0.25, 0.3) is 0 Å². The third-order valence-corrected chi connectivity index (χ3v) is 0.959. The third kappa shape index (κ3) is 5.45. The summed E-state index contributed by atoms with van der Waals surface area (Å²) in [5.74, 6) is -0.488. The topological polar surface area (TPSA) is 55.7 Å². The van der Waals surface area contributed by atoms with Gasteiger partial charge in [-0.2, -0.15) is 10.6 Å². The molecule has 0 heterocycles. The molecule has 0 bridgehead atoms. The maximum Gasteiger partial charge on any atom is 0.248 e. The van der Waals surface area contributed by atoms with Crippen LogP contribution in [0.5, 0.6) is 0 Å². The van der Waals surface area contributed by atoms with Gasteiger partial charge in [-0.25, -0.2) is 0 Å². The molecule has 0 aliphatic rings. The van der Waals surface area contributed by atoms with E-state index in [1.165, 1.54) is 13.4 Å². The van der Waals surface area contributed by atoms with Crippen molar-refractivity contribution in [2.24, 2.45) is 4.36 Å². The highest BCUT2D eigenvalue weighted by molar-refractivity contribution is 7.74. The van der Waals surface area contributed by atoms with E-state index in [0.717, 1.165) is 0 Å². The molecule has 0 aromatic heterocycles. The molecule has 0 aromatic carbocycles. The standard InChI is InChI=1S/C4H8NO3S/c1-8-3-4(6)5-9(2)7/h3H2,1-2H3/q-1. The normalized spacial score (nSPS) is 13.6.